The zero-order valence-corrected chi connectivity index (χ0v) is 15.4. The van der Waals surface area contributed by atoms with Crippen molar-refractivity contribution in [2.45, 2.75) is 45.8 Å². The van der Waals surface area contributed by atoms with E-state index in [4.69, 9.17) is 9.47 Å². The zero-order valence-electron chi connectivity index (χ0n) is 15.4. The fraction of sp³-hybridized carbons (Fsp3) is 0.684. The average Bonchev–Trinajstić information content (AvgIpc) is 3.01. The molecule has 0 N–H and O–H groups in total. The maximum absolute atomic E-state index is 13.1. The number of likely N-dealkylation sites (tertiary alicyclic amines) is 1. The van der Waals surface area contributed by atoms with Crippen LogP contribution >= 0.6 is 0 Å². The molecule has 3 heterocycles. The van der Waals surface area contributed by atoms with Crippen molar-refractivity contribution in [3.8, 4) is 0 Å². The van der Waals surface area contributed by atoms with Crippen molar-refractivity contribution >= 4 is 5.91 Å². The largest absolute Gasteiger partial charge is 0.377 e. The number of piperidine rings is 1. The third kappa shape index (κ3) is 3.65. The summed E-state index contributed by atoms with van der Waals surface area (Å²) in [5.74, 6) is 0.0644. The molecule has 0 saturated carbocycles. The summed E-state index contributed by atoms with van der Waals surface area (Å²) in [7, 11) is 0. The van der Waals surface area contributed by atoms with Gasteiger partial charge in [-0.05, 0) is 39.2 Å². The molecule has 3 rings (SSSR count). The number of aromatic nitrogens is 2. The molecule has 0 aromatic carbocycles. The van der Waals surface area contributed by atoms with Crippen LogP contribution in [-0.4, -0.2) is 59.6 Å². The highest BCUT2D eigenvalue weighted by Gasteiger charge is 2.47. The monoisotopic (exact) mass is 347 g/mol. The molecule has 1 amide bonds. The summed E-state index contributed by atoms with van der Waals surface area (Å²) in [4.78, 5) is 15.1. The molecule has 6 nitrogen and oxygen atoms in total. The molecular weight excluding hydrogens is 318 g/mol. The van der Waals surface area contributed by atoms with Crippen molar-refractivity contribution in [3.63, 3.8) is 0 Å². The van der Waals surface area contributed by atoms with Crippen LogP contribution in [0.5, 0.6) is 0 Å². The van der Waals surface area contributed by atoms with Gasteiger partial charge in [0.2, 0.25) is 0 Å². The van der Waals surface area contributed by atoms with Gasteiger partial charge in [0.15, 0.2) is 0 Å². The maximum atomic E-state index is 13.1. The topological polar surface area (TPSA) is 56.6 Å². The Kier molecular flexibility index (Phi) is 5.59. The molecule has 138 valence electrons. The number of nitrogens with zero attached hydrogens (tertiary/aromatic N) is 3. The third-order valence-corrected chi connectivity index (χ3v) is 5.32. The molecule has 6 heteroatoms. The molecule has 1 aromatic rings. The standard InChI is InChI=1S/C19H29N3O3/c1-4-10-24-14-19-8-6-11-25-17(19)7-9-21(13-19)18(23)16-12-15(3)20-22(16)5-2/h4,12,17H,1,5-11,13-14H2,2-3H3/t17-,19-/m0/s1. The quantitative estimate of drug-likeness (QED) is 0.586. The molecule has 0 radical (unpaired) electrons. The van der Waals surface area contributed by atoms with Gasteiger partial charge in [-0.3, -0.25) is 9.48 Å². The van der Waals surface area contributed by atoms with Crippen LogP contribution in [0.25, 0.3) is 0 Å². The first kappa shape index (κ1) is 18.1. The number of hydrogen-bond acceptors (Lipinski definition) is 4. The highest BCUT2D eigenvalue weighted by atomic mass is 16.5. The van der Waals surface area contributed by atoms with Crippen LogP contribution in [0.3, 0.4) is 0 Å². The van der Waals surface area contributed by atoms with Gasteiger partial charge >= 0.3 is 0 Å². The van der Waals surface area contributed by atoms with Gasteiger partial charge in [0.1, 0.15) is 5.69 Å². The van der Waals surface area contributed by atoms with Gasteiger partial charge in [0.05, 0.1) is 25.0 Å². The molecule has 2 saturated heterocycles. The van der Waals surface area contributed by atoms with E-state index in [-0.39, 0.29) is 17.4 Å². The van der Waals surface area contributed by atoms with Gasteiger partial charge in [-0.15, -0.1) is 6.58 Å². The smallest absolute Gasteiger partial charge is 0.272 e. The lowest BCUT2D eigenvalue weighted by atomic mass is 9.73. The van der Waals surface area contributed by atoms with Crippen LogP contribution in [0.15, 0.2) is 18.7 Å². The van der Waals surface area contributed by atoms with Crippen LogP contribution in [0.4, 0.5) is 0 Å². The average molecular weight is 347 g/mol. The highest BCUT2D eigenvalue weighted by Crippen LogP contribution is 2.40. The Labute approximate surface area is 149 Å². The lowest BCUT2D eigenvalue weighted by Gasteiger charge is -2.50. The molecule has 2 aliphatic heterocycles. The van der Waals surface area contributed by atoms with Crippen molar-refractivity contribution < 1.29 is 14.3 Å². The predicted molar refractivity (Wildman–Crippen MR) is 95.6 cm³/mol. The van der Waals surface area contributed by atoms with E-state index < -0.39 is 0 Å². The van der Waals surface area contributed by atoms with Crippen LogP contribution in [-0.2, 0) is 16.0 Å². The zero-order chi connectivity index (χ0) is 17.9. The number of ether oxygens (including phenoxy) is 2. The van der Waals surface area contributed by atoms with Gasteiger partial charge in [0, 0.05) is 31.7 Å². The second-order valence-corrected chi connectivity index (χ2v) is 7.13. The second kappa shape index (κ2) is 7.70. The van der Waals surface area contributed by atoms with E-state index in [0.717, 1.165) is 38.1 Å². The molecule has 0 bridgehead atoms. The summed E-state index contributed by atoms with van der Waals surface area (Å²) in [6.07, 6.45) is 4.85. The minimum absolute atomic E-state index is 0.0644. The van der Waals surface area contributed by atoms with Gasteiger partial charge in [-0.2, -0.15) is 5.10 Å². The minimum Gasteiger partial charge on any atom is -0.377 e. The van der Waals surface area contributed by atoms with E-state index in [1.807, 2.05) is 24.8 Å². The maximum Gasteiger partial charge on any atom is 0.272 e. The van der Waals surface area contributed by atoms with Crippen molar-refractivity contribution in [3.05, 3.63) is 30.1 Å². The molecule has 0 aliphatic carbocycles. The third-order valence-electron chi connectivity index (χ3n) is 5.32. The minimum atomic E-state index is -0.110. The van der Waals surface area contributed by atoms with E-state index in [1.54, 1.807) is 10.8 Å². The number of carbonyl (C=O) groups excluding carboxylic acids is 1. The van der Waals surface area contributed by atoms with E-state index in [9.17, 15) is 4.79 Å². The molecule has 25 heavy (non-hydrogen) atoms. The molecule has 0 unspecified atom stereocenters. The lowest BCUT2D eigenvalue weighted by Crippen LogP contribution is -2.58. The van der Waals surface area contributed by atoms with E-state index in [1.165, 1.54) is 0 Å². The Morgan fingerprint density at radius 3 is 3.20 bits per heavy atom. The van der Waals surface area contributed by atoms with Gasteiger partial charge in [-0.1, -0.05) is 6.08 Å². The number of rotatable bonds is 6. The van der Waals surface area contributed by atoms with E-state index in [2.05, 4.69) is 11.7 Å². The van der Waals surface area contributed by atoms with Gasteiger partial charge in [0.25, 0.3) is 5.91 Å². The Balaban J connectivity index is 1.78. The van der Waals surface area contributed by atoms with Crippen molar-refractivity contribution in [1.82, 2.24) is 14.7 Å². The number of hydrogen-bond donors (Lipinski definition) is 0. The van der Waals surface area contributed by atoms with Crippen LogP contribution in [0, 0.1) is 12.3 Å². The summed E-state index contributed by atoms with van der Waals surface area (Å²) >= 11 is 0. The lowest BCUT2D eigenvalue weighted by molar-refractivity contribution is -0.144. The Morgan fingerprint density at radius 1 is 1.60 bits per heavy atom. The predicted octanol–water partition coefficient (Wildman–Crippen LogP) is 2.43. The normalized spacial score (nSPS) is 26.3. The Morgan fingerprint density at radius 2 is 2.44 bits per heavy atom. The SMILES string of the molecule is C=CCOC[C@@]12CCCO[C@H]1CCN(C(=O)c1cc(C)nn1CC)C2. The van der Waals surface area contributed by atoms with Crippen molar-refractivity contribution in [2.24, 2.45) is 5.41 Å². The first-order valence-electron chi connectivity index (χ1n) is 9.23. The van der Waals surface area contributed by atoms with Gasteiger partial charge < -0.3 is 14.4 Å². The summed E-state index contributed by atoms with van der Waals surface area (Å²) in [6, 6.07) is 1.89. The van der Waals surface area contributed by atoms with Crippen LogP contribution in [0.2, 0.25) is 0 Å². The number of carbonyl (C=O) groups is 1. The summed E-state index contributed by atoms with van der Waals surface area (Å²) in [6.45, 7) is 11.7. The first-order valence-corrected chi connectivity index (χ1v) is 9.23. The molecule has 0 spiro atoms. The van der Waals surface area contributed by atoms with Gasteiger partial charge in [-0.25, -0.2) is 0 Å². The summed E-state index contributed by atoms with van der Waals surface area (Å²) in [5, 5.41) is 4.41. The second-order valence-electron chi connectivity index (χ2n) is 7.13. The molecular formula is C19H29N3O3. The fourth-order valence-corrected chi connectivity index (χ4v) is 4.14. The number of fused-ring (bicyclic) bond motifs is 1. The summed E-state index contributed by atoms with van der Waals surface area (Å²) < 4.78 is 13.6. The molecule has 2 fully saturated rings. The van der Waals surface area contributed by atoms with Crippen LogP contribution in [0.1, 0.15) is 42.4 Å². The highest BCUT2D eigenvalue weighted by molar-refractivity contribution is 5.92. The summed E-state index contributed by atoms with van der Waals surface area (Å²) in [5.41, 5.74) is 1.45. The first-order chi connectivity index (χ1) is 12.1. The number of amides is 1. The van der Waals surface area contributed by atoms with E-state index >= 15 is 0 Å². The Bertz CT molecular complexity index is 627. The van der Waals surface area contributed by atoms with Crippen LogP contribution < -0.4 is 0 Å². The molecule has 1 aromatic heterocycles. The molecule has 2 aliphatic rings. The number of aryl methyl sites for hydroxylation is 2. The van der Waals surface area contributed by atoms with Crippen molar-refractivity contribution in [2.75, 3.05) is 32.9 Å². The Hall–Kier alpha value is -1.66. The fourth-order valence-electron chi connectivity index (χ4n) is 4.14. The molecule has 2 atom stereocenters. The van der Waals surface area contributed by atoms with E-state index in [0.29, 0.717) is 32.0 Å². The van der Waals surface area contributed by atoms with Crippen molar-refractivity contribution in [1.29, 1.82) is 0 Å².